The zero-order valence-electron chi connectivity index (χ0n) is 8.74. The highest BCUT2D eigenvalue weighted by Crippen LogP contribution is 2.22. The molecule has 0 unspecified atom stereocenters. The van der Waals surface area contributed by atoms with Gasteiger partial charge in [0.15, 0.2) is 0 Å². The fourth-order valence-electron chi connectivity index (χ4n) is 1.35. The zero-order chi connectivity index (χ0) is 13.3. The van der Waals surface area contributed by atoms with E-state index in [-0.39, 0.29) is 16.4 Å². The predicted molar refractivity (Wildman–Crippen MR) is 59.5 cm³/mol. The lowest BCUT2D eigenvalue weighted by atomic mass is 10.3. The van der Waals surface area contributed by atoms with Gasteiger partial charge >= 0.3 is 5.97 Å². The summed E-state index contributed by atoms with van der Waals surface area (Å²) in [5.74, 6) is -1.96. The molecule has 1 saturated heterocycles. The van der Waals surface area contributed by atoms with Crippen LogP contribution in [0.5, 0.6) is 0 Å². The van der Waals surface area contributed by atoms with Gasteiger partial charge in [-0.15, -0.1) is 11.3 Å². The van der Waals surface area contributed by atoms with Crippen LogP contribution in [0.2, 0.25) is 0 Å². The molecule has 1 aliphatic heterocycles. The van der Waals surface area contributed by atoms with Gasteiger partial charge in [-0.05, 0) is 11.4 Å². The molecule has 1 fully saturated rings. The topological polar surface area (TPSA) is 122 Å². The van der Waals surface area contributed by atoms with Crippen LogP contribution in [0, 0.1) is 0 Å². The summed E-state index contributed by atoms with van der Waals surface area (Å²) in [6.45, 7) is -0.148. The van der Waals surface area contributed by atoms with E-state index in [4.69, 9.17) is 5.11 Å². The first-order valence-corrected chi connectivity index (χ1v) is 7.03. The number of carbonyl (C=O) groups is 2. The molecule has 10 heteroatoms. The van der Waals surface area contributed by atoms with Gasteiger partial charge in [-0.3, -0.25) is 9.63 Å². The molecular weight excluding hydrogens is 284 g/mol. The lowest BCUT2D eigenvalue weighted by Crippen LogP contribution is -2.41. The van der Waals surface area contributed by atoms with Crippen LogP contribution in [-0.4, -0.2) is 38.0 Å². The summed E-state index contributed by atoms with van der Waals surface area (Å²) in [4.78, 5) is 25.9. The Morgan fingerprint density at radius 3 is 2.89 bits per heavy atom. The van der Waals surface area contributed by atoms with E-state index >= 15 is 0 Å². The first kappa shape index (κ1) is 13.0. The summed E-state index contributed by atoms with van der Waals surface area (Å²) in [5.41, 5.74) is 2.00. The second-order valence-corrected chi connectivity index (χ2v) is 5.97. The van der Waals surface area contributed by atoms with Crippen LogP contribution in [0.1, 0.15) is 9.67 Å². The molecule has 0 aromatic carbocycles. The van der Waals surface area contributed by atoms with Crippen molar-refractivity contribution in [2.45, 2.75) is 10.9 Å². The Morgan fingerprint density at radius 2 is 2.33 bits per heavy atom. The summed E-state index contributed by atoms with van der Waals surface area (Å²) >= 11 is 0.793. The number of aromatic carboxylic acids is 1. The SMILES string of the molecule is O=C(O)c1sccc1S(=O)(=O)N[C@@H]1CONC1=O. The Labute approximate surface area is 106 Å². The number of carboxylic acids is 1. The molecule has 2 heterocycles. The summed E-state index contributed by atoms with van der Waals surface area (Å²) < 4.78 is 25.9. The third-order valence-electron chi connectivity index (χ3n) is 2.15. The van der Waals surface area contributed by atoms with E-state index in [0.717, 1.165) is 11.3 Å². The van der Waals surface area contributed by atoms with Crippen molar-refractivity contribution in [2.75, 3.05) is 6.61 Å². The van der Waals surface area contributed by atoms with Gasteiger partial charge in [0.1, 0.15) is 22.4 Å². The Kier molecular flexibility index (Phi) is 3.34. The van der Waals surface area contributed by atoms with E-state index in [1.54, 1.807) is 0 Å². The maximum Gasteiger partial charge on any atom is 0.347 e. The minimum Gasteiger partial charge on any atom is -0.477 e. The van der Waals surface area contributed by atoms with Crippen LogP contribution >= 0.6 is 11.3 Å². The van der Waals surface area contributed by atoms with Gasteiger partial charge in [-0.25, -0.2) is 18.7 Å². The first-order chi connectivity index (χ1) is 8.42. The number of carboxylic acid groups (broad SMARTS) is 1. The van der Waals surface area contributed by atoms with Crippen molar-refractivity contribution in [1.29, 1.82) is 0 Å². The van der Waals surface area contributed by atoms with Gasteiger partial charge < -0.3 is 5.11 Å². The maximum absolute atomic E-state index is 11.9. The van der Waals surface area contributed by atoms with Gasteiger partial charge in [0.05, 0.1) is 0 Å². The number of thiophene rings is 1. The molecule has 0 bridgehead atoms. The predicted octanol–water partition coefficient (Wildman–Crippen LogP) is -0.845. The highest BCUT2D eigenvalue weighted by molar-refractivity contribution is 7.89. The van der Waals surface area contributed by atoms with Crippen LogP contribution in [0.3, 0.4) is 0 Å². The Morgan fingerprint density at radius 1 is 1.61 bits per heavy atom. The number of sulfonamides is 1. The molecule has 0 radical (unpaired) electrons. The molecule has 0 aliphatic carbocycles. The summed E-state index contributed by atoms with van der Waals surface area (Å²) in [6.07, 6.45) is 0. The number of hydrogen-bond acceptors (Lipinski definition) is 6. The smallest absolute Gasteiger partial charge is 0.347 e. The second kappa shape index (κ2) is 4.65. The van der Waals surface area contributed by atoms with Crippen molar-refractivity contribution in [3.05, 3.63) is 16.3 Å². The quantitative estimate of drug-likeness (QED) is 0.665. The number of rotatable bonds is 4. The molecule has 2 rings (SSSR count). The third kappa shape index (κ3) is 2.36. The van der Waals surface area contributed by atoms with Crippen molar-refractivity contribution in [2.24, 2.45) is 0 Å². The van der Waals surface area contributed by atoms with Crippen LogP contribution in [0.4, 0.5) is 0 Å². The number of hydrogen-bond donors (Lipinski definition) is 3. The highest BCUT2D eigenvalue weighted by Gasteiger charge is 2.32. The van der Waals surface area contributed by atoms with Crippen LogP contribution in [0.15, 0.2) is 16.3 Å². The molecule has 1 aromatic rings. The van der Waals surface area contributed by atoms with E-state index in [0.29, 0.717) is 0 Å². The fourth-order valence-corrected chi connectivity index (χ4v) is 3.79. The molecule has 0 spiro atoms. The van der Waals surface area contributed by atoms with Crippen LogP contribution in [0.25, 0.3) is 0 Å². The molecule has 98 valence electrons. The minimum absolute atomic E-state index is 0.148. The maximum atomic E-state index is 11.9. The molecule has 1 aromatic heterocycles. The highest BCUT2D eigenvalue weighted by atomic mass is 32.2. The van der Waals surface area contributed by atoms with Crippen molar-refractivity contribution < 1.29 is 28.0 Å². The van der Waals surface area contributed by atoms with E-state index in [1.807, 2.05) is 5.48 Å². The molecular formula is C8H8N2O6S2. The number of nitrogens with one attached hydrogen (secondary N) is 2. The lowest BCUT2D eigenvalue weighted by Gasteiger charge is -2.08. The van der Waals surface area contributed by atoms with E-state index in [2.05, 4.69) is 9.56 Å². The van der Waals surface area contributed by atoms with Crippen molar-refractivity contribution in [3.63, 3.8) is 0 Å². The fraction of sp³-hybridized carbons (Fsp3) is 0.250. The van der Waals surface area contributed by atoms with Crippen molar-refractivity contribution in [3.8, 4) is 0 Å². The zero-order valence-corrected chi connectivity index (χ0v) is 10.4. The standard InChI is InChI=1S/C8H8N2O6S2/c11-7-4(3-16-9-7)10-18(14,15)5-1-2-17-6(5)8(12)13/h1-2,4,10H,3H2,(H,9,11)(H,12,13)/t4-/m1/s1. The molecule has 3 N–H and O–H groups in total. The molecule has 0 saturated carbocycles. The molecule has 1 atom stereocenters. The number of carbonyl (C=O) groups excluding carboxylic acids is 1. The van der Waals surface area contributed by atoms with Gasteiger partial charge in [0.25, 0.3) is 5.91 Å². The van der Waals surface area contributed by atoms with Crippen LogP contribution in [-0.2, 0) is 19.7 Å². The van der Waals surface area contributed by atoms with Gasteiger partial charge in [-0.1, -0.05) is 0 Å². The summed E-state index contributed by atoms with van der Waals surface area (Å²) in [7, 11) is -4.07. The summed E-state index contributed by atoms with van der Waals surface area (Å²) in [5, 5.41) is 10.2. The van der Waals surface area contributed by atoms with E-state index < -0.39 is 27.9 Å². The van der Waals surface area contributed by atoms with E-state index in [1.165, 1.54) is 11.4 Å². The Balaban J connectivity index is 2.28. The normalized spacial score (nSPS) is 19.8. The van der Waals surface area contributed by atoms with Gasteiger partial charge in [-0.2, -0.15) is 4.72 Å². The van der Waals surface area contributed by atoms with Crippen LogP contribution < -0.4 is 10.2 Å². The molecule has 8 nitrogen and oxygen atoms in total. The van der Waals surface area contributed by atoms with Crippen molar-refractivity contribution >= 4 is 33.2 Å². The molecule has 18 heavy (non-hydrogen) atoms. The second-order valence-electron chi connectivity index (χ2n) is 3.37. The summed E-state index contributed by atoms with van der Waals surface area (Å²) in [6, 6.07) is 0.112. The third-order valence-corrected chi connectivity index (χ3v) is 4.70. The molecule has 1 aliphatic rings. The van der Waals surface area contributed by atoms with Gasteiger partial charge in [0.2, 0.25) is 10.0 Å². The monoisotopic (exact) mass is 292 g/mol. The van der Waals surface area contributed by atoms with E-state index in [9.17, 15) is 18.0 Å². The average molecular weight is 292 g/mol. The van der Waals surface area contributed by atoms with Crippen molar-refractivity contribution in [1.82, 2.24) is 10.2 Å². The van der Waals surface area contributed by atoms with Gasteiger partial charge in [0, 0.05) is 0 Å². The average Bonchev–Trinajstić information content (AvgIpc) is 2.88. The first-order valence-electron chi connectivity index (χ1n) is 4.66. The minimum atomic E-state index is -4.07. The number of hydroxylamine groups is 1. The molecule has 1 amide bonds. The lowest BCUT2D eigenvalue weighted by molar-refractivity contribution is -0.124. The number of amides is 1. The largest absolute Gasteiger partial charge is 0.477 e. The Bertz CT molecular complexity index is 592. The Hall–Kier alpha value is -1.49.